The van der Waals surface area contributed by atoms with Gasteiger partial charge in [-0.2, -0.15) is 0 Å². The molecule has 2 heterocycles. The Bertz CT molecular complexity index is 705. The SMILES string of the molecule is COc1ccc(CN(Cc2nnnn2C2CCCC2)CC2CCCO2)cc1. The lowest BCUT2D eigenvalue weighted by atomic mass is 10.1. The average molecular weight is 371 g/mol. The van der Waals surface area contributed by atoms with Crippen LogP contribution in [0.2, 0.25) is 0 Å². The molecule has 146 valence electrons. The molecule has 1 aliphatic carbocycles. The molecule has 0 radical (unpaired) electrons. The van der Waals surface area contributed by atoms with Gasteiger partial charge in [-0.05, 0) is 53.8 Å². The molecule has 27 heavy (non-hydrogen) atoms. The molecule has 1 saturated carbocycles. The summed E-state index contributed by atoms with van der Waals surface area (Å²) in [6.07, 6.45) is 7.50. The smallest absolute Gasteiger partial charge is 0.165 e. The van der Waals surface area contributed by atoms with Crippen LogP contribution in [0.5, 0.6) is 5.75 Å². The maximum atomic E-state index is 5.89. The molecule has 1 unspecified atom stereocenters. The van der Waals surface area contributed by atoms with Gasteiger partial charge in [-0.1, -0.05) is 25.0 Å². The standard InChI is InChI=1S/C20H29N5O2/c1-26-18-10-8-16(9-11-18)13-24(14-19-7-4-12-27-19)15-20-21-22-23-25(20)17-5-2-3-6-17/h8-11,17,19H,2-7,12-15H2,1H3. The summed E-state index contributed by atoms with van der Waals surface area (Å²) in [5.74, 6) is 1.85. The molecule has 2 aromatic rings. The van der Waals surface area contributed by atoms with Crippen LogP contribution in [-0.4, -0.2) is 51.5 Å². The summed E-state index contributed by atoms with van der Waals surface area (Å²) in [6.45, 7) is 3.38. The van der Waals surface area contributed by atoms with Crippen LogP contribution >= 0.6 is 0 Å². The van der Waals surface area contributed by atoms with Gasteiger partial charge in [0.1, 0.15) is 5.75 Å². The van der Waals surface area contributed by atoms with Gasteiger partial charge in [0.25, 0.3) is 0 Å². The Labute approximate surface area is 160 Å². The van der Waals surface area contributed by atoms with Crippen LogP contribution in [-0.2, 0) is 17.8 Å². The Balaban J connectivity index is 1.48. The fraction of sp³-hybridized carbons (Fsp3) is 0.650. The van der Waals surface area contributed by atoms with E-state index < -0.39 is 0 Å². The van der Waals surface area contributed by atoms with Gasteiger partial charge in [0.2, 0.25) is 0 Å². The number of nitrogens with zero attached hydrogens (tertiary/aromatic N) is 5. The lowest BCUT2D eigenvalue weighted by Crippen LogP contribution is -2.32. The quantitative estimate of drug-likeness (QED) is 0.711. The first-order valence-electron chi connectivity index (χ1n) is 10.1. The van der Waals surface area contributed by atoms with Gasteiger partial charge in [0.05, 0.1) is 25.8 Å². The zero-order valence-electron chi connectivity index (χ0n) is 16.1. The lowest BCUT2D eigenvalue weighted by Gasteiger charge is -2.25. The third-order valence-corrected chi connectivity index (χ3v) is 5.65. The number of hydrogen-bond acceptors (Lipinski definition) is 6. The third kappa shape index (κ3) is 4.65. The van der Waals surface area contributed by atoms with Crippen molar-refractivity contribution in [3.8, 4) is 5.75 Å². The van der Waals surface area contributed by atoms with Crippen molar-refractivity contribution in [2.45, 2.75) is 63.8 Å². The molecule has 4 rings (SSSR count). The van der Waals surface area contributed by atoms with E-state index in [1.807, 2.05) is 12.1 Å². The maximum Gasteiger partial charge on any atom is 0.165 e. The minimum atomic E-state index is 0.305. The van der Waals surface area contributed by atoms with Crippen LogP contribution in [0.4, 0.5) is 0 Å². The van der Waals surface area contributed by atoms with Gasteiger partial charge in [-0.3, -0.25) is 4.90 Å². The van der Waals surface area contributed by atoms with E-state index in [4.69, 9.17) is 9.47 Å². The lowest BCUT2D eigenvalue weighted by molar-refractivity contribution is 0.0662. The van der Waals surface area contributed by atoms with Crippen LogP contribution in [0.15, 0.2) is 24.3 Å². The molecule has 0 bridgehead atoms. The van der Waals surface area contributed by atoms with E-state index in [-0.39, 0.29) is 0 Å². The first-order chi connectivity index (χ1) is 13.3. The largest absolute Gasteiger partial charge is 0.497 e. The van der Waals surface area contributed by atoms with Crippen LogP contribution in [0.1, 0.15) is 56.0 Å². The molecule has 1 aromatic heterocycles. The summed E-state index contributed by atoms with van der Waals surface area (Å²) in [4.78, 5) is 2.41. The topological polar surface area (TPSA) is 65.3 Å². The fourth-order valence-corrected chi connectivity index (χ4v) is 4.20. The highest BCUT2D eigenvalue weighted by Gasteiger charge is 2.25. The number of rotatable bonds is 8. The molecule has 1 atom stereocenters. The van der Waals surface area contributed by atoms with Gasteiger partial charge in [-0.15, -0.1) is 5.10 Å². The van der Waals surface area contributed by atoms with Crippen molar-refractivity contribution in [1.29, 1.82) is 0 Å². The van der Waals surface area contributed by atoms with Crippen molar-refractivity contribution in [2.75, 3.05) is 20.3 Å². The predicted octanol–water partition coefficient (Wildman–Crippen LogP) is 2.98. The number of hydrogen-bond donors (Lipinski definition) is 0. The summed E-state index contributed by atoms with van der Waals surface area (Å²) >= 11 is 0. The van der Waals surface area contributed by atoms with E-state index in [1.165, 1.54) is 31.2 Å². The molecule has 0 N–H and O–H groups in total. The second kappa shape index (κ2) is 8.80. The van der Waals surface area contributed by atoms with Crippen molar-refractivity contribution in [2.24, 2.45) is 0 Å². The second-order valence-electron chi connectivity index (χ2n) is 7.63. The molecule has 1 saturated heterocycles. The van der Waals surface area contributed by atoms with E-state index in [1.54, 1.807) is 7.11 Å². The highest BCUT2D eigenvalue weighted by Crippen LogP contribution is 2.29. The van der Waals surface area contributed by atoms with Gasteiger partial charge in [0, 0.05) is 19.7 Å². The van der Waals surface area contributed by atoms with E-state index >= 15 is 0 Å². The molecule has 1 aromatic carbocycles. The average Bonchev–Trinajstić information content (AvgIpc) is 3.45. The zero-order valence-corrected chi connectivity index (χ0v) is 16.1. The first-order valence-corrected chi connectivity index (χ1v) is 10.1. The van der Waals surface area contributed by atoms with E-state index in [0.29, 0.717) is 12.1 Å². The molecule has 2 aliphatic rings. The van der Waals surface area contributed by atoms with Gasteiger partial charge < -0.3 is 9.47 Å². The minimum Gasteiger partial charge on any atom is -0.497 e. The Morgan fingerprint density at radius 3 is 2.63 bits per heavy atom. The second-order valence-corrected chi connectivity index (χ2v) is 7.63. The van der Waals surface area contributed by atoms with Crippen molar-refractivity contribution in [3.63, 3.8) is 0 Å². The van der Waals surface area contributed by atoms with Crippen molar-refractivity contribution >= 4 is 0 Å². The predicted molar refractivity (Wildman–Crippen MR) is 101 cm³/mol. The van der Waals surface area contributed by atoms with Crippen molar-refractivity contribution in [3.05, 3.63) is 35.7 Å². The monoisotopic (exact) mass is 371 g/mol. The number of benzene rings is 1. The summed E-state index contributed by atoms with van der Waals surface area (Å²) < 4.78 is 13.2. The molecule has 7 nitrogen and oxygen atoms in total. The molecule has 7 heteroatoms. The Morgan fingerprint density at radius 2 is 1.93 bits per heavy atom. The normalized spacial score (nSPS) is 20.6. The zero-order chi connectivity index (χ0) is 18.5. The third-order valence-electron chi connectivity index (χ3n) is 5.65. The summed E-state index contributed by atoms with van der Waals surface area (Å²) in [6, 6.07) is 8.74. The van der Waals surface area contributed by atoms with E-state index in [9.17, 15) is 0 Å². The molecular formula is C20H29N5O2. The van der Waals surface area contributed by atoms with Crippen LogP contribution in [0.3, 0.4) is 0 Å². The first kappa shape index (κ1) is 18.4. The van der Waals surface area contributed by atoms with Crippen molar-refractivity contribution < 1.29 is 9.47 Å². The Kier molecular flexibility index (Phi) is 5.99. The van der Waals surface area contributed by atoms with E-state index in [0.717, 1.165) is 50.7 Å². The Morgan fingerprint density at radius 1 is 1.11 bits per heavy atom. The number of aromatic nitrogens is 4. The maximum absolute atomic E-state index is 5.89. The molecule has 2 fully saturated rings. The molecule has 0 amide bonds. The van der Waals surface area contributed by atoms with E-state index in [2.05, 4.69) is 37.2 Å². The molecule has 0 spiro atoms. The molecule has 1 aliphatic heterocycles. The van der Waals surface area contributed by atoms with Crippen molar-refractivity contribution in [1.82, 2.24) is 25.1 Å². The van der Waals surface area contributed by atoms with Gasteiger partial charge in [0.15, 0.2) is 5.82 Å². The number of methoxy groups -OCH3 is 1. The minimum absolute atomic E-state index is 0.305. The molecular weight excluding hydrogens is 342 g/mol. The number of tetrazole rings is 1. The van der Waals surface area contributed by atoms with Crippen LogP contribution in [0.25, 0.3) is 0 Å². The Hall–Kier alpha value is -1.99. The summed E-state index contributed by atoms with van der Waals surface area (Å²) in [5, 5.41) is 12.6. The highest BCUT2D eigenvalue weighted by atomic mass is 16.5. The summed E-state index contributed by atoms with van der Waals surface area (Å²) in [7, 11) is 1.70. The van der Waals surface area contributed by atoms with Gasteiger partial charge in [-0.25, -0.2) is 4.68 Å². The van der Waals surface area contributed by atoms with Crippen LogP contribution < -0.4 is 4.74 Å². The van der Waals surface area contributed by atoms with Gasteiger partial charge >= 0.3 is 0 Å². The van der Waals surface area contributed by atoms with Crippen LogP contribution in [0, 0.1) is 0 Å². The number of ether oxygens (including phenoxy) is 2. The highest BCUT2D eigenvalue weighted by molar-refractivity contribution is 5.27. The summed E-state index contributed by atoms with van der Waals surface area (Å²) in [5.41, 5.74) is 1.26. The fourth-order valence-electron chi connectivity index (χ4n) is 4.20.